The van der Waals surface area contributed by atoms with Crippen LogP contribution in [0.1, 0.15) is 41.9 Å². The summed E-state index contributed by atoms with van der Waals surface area (Å²) >= 11 is 0. The molecule has 2 fully saturated rings. The topological polar surface area (TPSA) is 109 Å². The second-order valence-electron chi connectivity index (χ2n) is 7.99. The maximum absolute atomic E-state index is 12.3. The first-order valence-electron chi connectivity index (χ1n) is 9.82. The van der Waals surface area contributed by atoms with E-state index in [9.17, 15) is 10.1 Å². The predicted octanol–water partition coefficient (Wildman–Crippen LogP) is 1.73. The minimum atomic E-state index is 0.0137. The van der Waals surface area contributed by atoms with Gasteiger partial charge in [0.15, 0.2) is 0 Å². The molecule has 1 saturated carbocycles. The van der Waals surface area contributed by atoms with E-state index in [1.165, 1.54) is 0 Å². The molecule has 0 spiro atoms. The van der Waals surface area contributed by atoms with Crippen molar-refractivity contribution < 1.29 is 4.79 Å². The van der Waals surface area contributed by atoms with Gasteiger partial charge in [0.25, 0.3) is 0 Å². The van der Waals surface area contributed by atoms with Crippen molar-refractivity contribution in [2.24, 2.45) is 24.6 Å². The van der Waals surface area contributed by atoms with Gasteiger partial charge in [0.1, 0.15) is 0 Å². The second kappa shape index (κ2) is 7.38. The minimum absolute atomic E-state index is 0.0137. The first-order valence-corrected chi connectivity index (χ1v) is 9.82. The summed E-state index contributed by atoms with van der Waals surface area (Å²) in [7, 11) is 1.92. The number of hydrogen-bond donors (Lipinski definition) is 3. The Kier molecular flexibility index (Phi) is 4.92. The molecule has 146 valence electrons. The van der Waals surface area contributed by atoms with Crippen LogP contribution in [0.2, 0.25) is 0 Å². The Bertz CT molecular complexity index is 943. The smallest absolute Gasteiger partial charge is 0.237 e. The number of nitrogens with one attached hydrogen (secondary N) is 2. The Morgan fingerprint density at radius 1 is 1.39 bits per heavy atom. The monoisotopic (exact) mass is 378 g/mol. The molecule has 1 saturated heterocycles. The summed E-state index contributed by atoms with van der Waals surface area (Å²) in [4.78, 5) is 12.3. The van der Waals surface area contributed by atoms with Gasteiger partial charge in [-0.25, -0.2) is 5.43 Å². The van der Waals surface area contributed by atoms with Gasteiger partial charge in [-0.1, -0.05) is 11.6 Å². The summed E-state index contributed by atoms with van der Waals surface area (Å²) in [6.07, 6.45) is 4.59. The Labute approximate surface area is 164 Å². The largest absolute Gasteiger partial charge is 0.329 e. The van der Waals surface area contributed by atoms with E-state index in [0.29, 0.717) is 18.0 Å². The standard InChI is InChI=1S/C21H26N6O/c1-12-3-4-14(9-22)16(7-12)20-18(11-24-27(20)2)13-5-6-15-17(8-13)19(10-23)25-26-21(15)28/h3-4,7,11,13,15,17,19,25H,5-6,8,10,23H2,1-2H3,(H,26,28). The molecule has 4 N–H and O–H groups in total. The van der Waals surface area contributed by atoms with E-state index in [4.69, 9.17) is 5.73 Å². The Morgan fingerprint density at radius 3 is 2.96 bits per heavy atom. The number of hydrogen-bond acceptors (Lipinski definition) is 5. The molecule has 7 nitrogen and oxygen atoms in total. The van der Waals surface area contributed by atoms with Crippen LogP contribution < -0.4 is 16.6 Å². The van der Waals surface area contributed by atoms with Gasteiger partial charge in [0, 0.05) is 36.7 Å². The summed E-state index contributed by atoms with van der Waals surface area (Å²) < 4.78 is 1.86. The maximum atomic E-state index is 12.3. The summed E-state index contributed by atoms with van der Waals surface area (Å²) in [6, 6.07) is 8.29. The lowest BCUT2D eigenvalue weighted by atomic mass is 9.68. The van der Waals surface area contributed by atoms with Crippen molar-refractivity contribution in [3.8, 4) is 17.3 Å². The van der Waals surface area contributed by atoms with Gasteiger partial charge in [-0.15, -0.1) is 0 Å². The van der Waals surface area contributed by atoms with Crippen molar-refractivity contribution in [3.63, 3.8) is 0 Å². The molecule has 1 aromatic heterocycles. The van der Waals surface area contributed by atoms with Crippen molar-refractivity contribution in [1.29, 1.82) is 5.26 Å². The van der Waals surface area contributed by atoms with Crippen LogP contribution >= 0.6 is 0 Å². The maximum Gasteiger partial charge on any atom is 0.237 e. The van der Waals surface area contributed by atoms with Crippen LogP contribution in [0.5, 0.6) is 0 Å². The number of rotatable bonds is 3. The number of nitrogens with zero attached hydrogens (tertiary/aromatic N) is 3. The van der Waals surface area contributed by atoms with Crippen molar-refractivity contribution >= 4 is 5.91 Å². The van der Waals surface area contributed by atoms with Gasteiger partial charge in [-0.3, -0.25) is 14.9 Å². The number of carbonyl (C=O) groups is 1. The molecule has 1 aliphatic carbocycles. The minimum Gasteiger partial charge on any atom is -0.329 e. The summed E-state index contributed by atoms with van der Waals surface area (Å²) in [5, 5.41) is 14.1. The molecule has 4 atom stereocenters. The third kappa shape index (κ3) is 3.09. The zero-order valence-electron chi connectivity index (χ0n) is 16.3. The first kappa shape index (κ1) is 18.7. The molecule has 2 aliphatic rings. The van der Waals surface area contributed by atoms with Crippen LogP contribution in [0.4, 0.5) is 0 Å². The number of aromatic nitrogens is 2. The number of fused-ring (bicyclic) bond motifs is 1. The second-order valence-corrected chi connectivity index (χ2v) is 7.99. The number of hydrazine groups is 1. The first-order chi connectivity index (χ1) is 13.5. The SMILES string of the molecule is Cc1ccc(C#N)c(-c2c(C3CCC4C(=O)NNC(CN)C4C3)cnn2C)c1. The van der Waals surface area contributed by atoms with E-state index < -0.39 is 0 Å². The molecule has 7 heteroatoms. The van der Waals surface area contributed by atoms with E-state index in [0.717, 1.165) is 41.6 Å². The van der Waals surface area contributed by atoms with Crippen molar-refractivity contribution in [1.82, 2.24) is 20.6 Å². The highest BCUT2D eigenvalue weighted by Crippen LogP contribution is 2.45. The number of nitrogens with two attached hydrogens (primary N) is 1. The zero-order chi connectivity index (χ0) is 19.8. The van der Waals surface area contributed by atoms with Crippen LogP contribution in [0.3, 0.4) is 0 Å². The normalized spacial score (nSPS) is 27.0. The molecule has 2 heterocycles. The molecule has 1 aromatic carbocycles. The van der Waals surface area contributed by atoms with Crippen LogP contribution in [0.25, 0.3) is 11.3 Å². The van der Waals surface area contributed by atoms with E-state index in [-0.39, 0.29) is 23.8 Å². The Morgan fingerprint density at radius 2 is 2.21 bits per heavy atom. The molecular formula is C21H26N6O. The molecule has 0 bridgehead atoms. The van der Waals surface area contributed by atoms with Crippen LogP contribution in [-0.4, -0.2) is 28.3 Å². The van der Waals surface area contributed by atoms with E-state index in [1.807, 2.05) is 37.0 Å². The number of amides is 1. The summed E-state index contributed by atoms with van der Waals surface area (Å²) in [6.45, 7) is 2.52. The summed E-state index contributed by atoms with van der Waals surface area (Å²) in [5.41, 5.74) is 16.7. The fraction of sp³-hybridized carbons (Fsp3) is 0.476. The highest BCUT2D eigenvalue weighted by Gasteiger charge is 2.43. The van der Waals surface area contributed by atoms with Crippen molar-refractivity contribution in [2.75, 3.05) is 6.54 Å². The third-order valence-electron chi connectivity index (χ3n) is 6.35. The molecule has 1 amide bonds. The Balaban J connectivity index is 1.72. The van der Waals surface area contributed by atoms with E-state index in [2.05, 4.69) is 28.1 Å². The fourth-order valence-electron chi connectivity index (χ4n) is 4.89. The quantitative estimate of drug-likeness (QED) is 0.754. The van der Waals surface area contributed by atoms with Crippen LogP contribution in [0, 0.1) is 30.1 Å². The van der Waals surface area contributed by atoms with Crippen LogP contribution in [0.15, 0.2) is 24.4 Å². The van der Waals surface area contributed by atoms with Gasteiger partial charge in [0.2, 0.25) is 5.91 Å². The van der Waals surface area contributed by atoms with Gasteiger partial charge >= 0.3 is 0 Å². The van der Waals surface area contributed by atoms with Gasteiger partial charge in [0.05, 0.1) is 23.5 Å². The van der Waals surface area contributed by atoms with E-state index >= 15 is 0 Å². The van der Waals surface area contributed by atoms with Crippen molar-refractivity contribution in [2.45, 2.75) is 38.1 Å². The average Bonchev–Trinajstić information content (AvgIpc) is 3.09. The van der Waals surface area contributed by atoms with Crippen LogP contribution in [-0.2, 0) is 11.8 Å². The van der Waals surface area contributed by atoms with E-state index in [1.54, 1.807) is 0 Å². The lowest BCUT2D eigenvalue weighted by Crippen LogP contribution is -2.62. The summed E-state index contributed by atoms with van der Waals surface area (Å²) in [5.74, 6) is 0.585. The number of aryl methyl sites for hydroxylation is 2. The molecule has 2 aromatic rings. The predicted molar refractivity (Wildman–Crippen MR) is 106 cm³/mol. The number of carbonyl (C=O) groups excluding carboxylic acids is 1. The lowest BCUT2D eigenvalue weighted by molar-refractivity contribution is -0.133. The molecule has 0 radical (unpaired) electrons. The zero-order valence-corrected chi connectivity index (χ0v) is 16.3. The molecule has 4 rings (SSSR count). The highest BCUT2D eigenvalue weighted by molar-refractivity contribution is 5.79. The van der Waals surface area contributed by atoms with Gasteiger partial charge < -0.3 is 5.73 Å². The average molecular weight is 378 g/mol. The lowest BCUT2D eigenvalue weighted by Gasteiger charge is -2.43. The molecule has 28 heavy (non-hydrogen) atoms. The number of nitriles is 1. The van der Waals surface area contributed by atoms with Gasteiger partial charge in [-0.05, 0) is 50.2 Å². The highest BCUT2D eigenvalue weighted by atomic mass is 16.2. The Hall–Kier alpha value is -2.69. The number of benzene rings is 1. The molecule has 1 aliphatic heterocycles. The molecule has 4 unspecified atom stereocenters. The molecular weight excluding hydrogens is 352 g/mol. The fourth-order valence-corrected chi connectivity index (χ4v) is 4.89. The van der Waals surface area contributed by atoms with Crippen molar-refractivity contribution in [3.05, 3.63) is 41.1 Å². The third-order valence-corrected chi connectivity index (χ3v) is 6.35. The van der Waals surface area contributed by atoms with Gasteiger partial charge in [-0.2, -0.15) is 10.4 Å².